The van der Waals surface area contributed by atoms with Crippen LogP contribution in [0.15, 0.2) is 30.3 Å². The average Bonchev–Trinajstić information content (AvgIpc) is 3.49. The van der Waals surface area contributed by atoms with E-state index in [0.29, 0.717) is 39.4 Å². The number of rotatable bonds is 6. The monoisotopic (exact) mass is 584 g/mol. The van der Waals surface area contributed by atoms with Crippen molar-refractivity contribution >= 4 is 35.1 Å². The number of piperidine rings is 1. The van der Waals surface area contributed by atoms with E-state index in [1.165, 1.54) is 18.1 Å². The summed E-state index contributed by atoms with van der Waals surface area (Å²) in [5.41, 5.74) is 3.02. The number of benzene rings is 2. The largest absolute Gasteiger partial charge is 0.483 e. The Bertz CT molecular complexity index is 1400. The van der Waals surface area contributed by atoms with Gasteiger partial charge in [0, 0.05) is 43.5 Å². The van der Waals surface area contributed by atoms with Crippen LogP contribution in [-0.4, -0.2) is 71.2 Å². The predicted molar refractivity (Wildman–Crippen MR) is 151 cm³/mol. The zero-order valence-electron chi connectivity index (χ0n) is 22.7. The highest BCUT2D eigenvalue weighted by atomic mass is 35.5. The Morgan fingerprint density at radius 2 is 2.00 bits per heavy atom. The van der Waals surface area contributed by atoms with Crippen LogP contribution in [0.3, 0.4) is 0 Å². The summed E-state index contributed by atoms with van der Waals surface area (Å²) < 4.78 is 12.5. The van der Waals surface area contributed by atoms with E-state index in [4.69, 9.17) is 32.7 Å². The standard InChI is InChI=1S/C31H34Cl2N2O5/c1-16(36)39-26-8-4-18-13-24-20-5-7-23(34(2)27(38)12-17-3-6-21(32)22(33)11-17)30-31(20,28(18)29(26)40-30)9-10-35(24)15-19-14-25(19)37/h3-4,6,8,11,19-20,23-25,30,37H,5,7,9-10,12-15H2,1-2H3/t19?,20-,23+,24+,25?,30-,31-/m0/s1. The third kappa shape index (κ3) is 4.07. The Labute approximate surface area is 244 Å². The number of amides is 1. The number of ether oxygens (including phenoxy) is 2. The maximum absolute atomic E-state index is 13.6. The van der Waals surface area contributed by atoms with Crippen molar-refractivity contribution in [2.75, 3.05) is 20.1 Å². The second kappa shape index (κ2) is 9.62. The molecule has 1 spiro atoms. The van der Waals surface area contributed by atoms with Crippen LogP contribution in [-0.2, 0) is 27.8 Å². The minimum Gasteiger partial charge on any atom is -0.483 e. The second-order valence-electron chi connectivity index (χ2n) is 12.4. The Morgan fingerprint density at radius 1 is 1.20 bits per heavy atom. The zero-order valence-corrected chi connectivity index (χ0v) is 24.3. The van der Waals surface area contributed by atoms with Gasteiger partial charge in [0.15, 0.2) is 11.5 Å². The number of aliphatic hydroxyl groups excluding tert-OH is 1. The smallest absolute Gasteiger partial charge is 0.308 e. The van der Waals surface area contributed by atoms with Gasteiger partial charge in [-0.25, -0.2) is 0 Å². The van der Waals surface area contributed by atoms with E-state index < -0.39 is 0 Å². The third-order valence-electron chi connectivity index (χ3n) is 10.2. The molecule has 2 aromatic rings. The first-order valence-corrected chi connectivity index (χ1v) is 15.1. The van der Waals surface area contributed by atoms with Crippen LogP contribution in [0.1, 0.15) is 49.3 Å². The lowest BCUT2D eigenvalue weighted by atomic mass is 9.51. The van der Waals surface area contributed by atoms with Crippen molar-refractivity contribution in [3.8, 4) is 11.5 Å². The molecule has 40 heavy (non-hydrogen) atoms. The van der Waals surface area contributed by atoms with Crippen molar-refractivity contribution in [1.82, 2.24) is 9.80 Å². The van der Waals surface area contributed by atoms with Gasteiger partial charge in [-0.05, 0) is 73.9 Å². The van der Waals surface area contributed by atoms with E-state index in [0.717, 1.165) is 50.8 Å². The Morgan fingerprint density at radius 3 is 2.73 bits per heavy atom. The molecule has 1 N–H and O–H groups in total. The summed E-state index contributed by atoms with van der Waals surface area (Å²) in [6.07, 6.45) is 4.38. The molecule has 2 aromatic carbocycles. The molecule has 3 aliphatic carbocycles. The molecule has 9 heteroatoms. The van der Waals surface area contributed by atoms with Crippen molar-refractivity contribution < 1.29 is 24.2 Å². The van der Waals surface area contributed by atoms with Gasteiger partial charge in [0.1, 0.15) is 6.10 Å². The maximum Gasteiger partial charge on any atom is 0.308 e. The molecule has 2 aliphatic heterocycles. The van der Waals surface area contributed by atoms with Gasteiger partial charge in [-0.1, -0.05) is 35.3 Å². The Kier molecular flexibility index (Phi) is 6.39. The highest BCUT2D eigenvalue weighted by molar-refractivity contribution is 6.42. The van der Waals surface area contributed by atoms with Crippen LogP contribution >= 0.6 is 23.2 Å². The van der Waals surface area contributed by atoms with Gasteiger partial charge < -0.3 is 19.5 Å². The van der Waals surface area contributed by atoms with E-state index in [1.807, 2.05) is 24.1 Å². The van der Waals surface area contributed by atoms with E-state index in [-0.39, 0.29) is 42.0 Å². The number of carbonyl (C=O) groups excluding carboxylic acids is 2. The third-order valence-corrected chi connectivity index (χ3v) is 11.0. The fourth-order valence-corrected chi connectivity index (χ4v) is 8.63. The number of hydrogen-bond donors (Lipinski definition) is 1. The summed E-state index contributed by atoms with van der Waals surface area (Å²) in [5, 5.41) is 11.0. The van der Waals surface area contributed by atoms with Gasteiger partial charge in [0.05, 0.1) is 28.6 Å². The molecule has 1 saturated heterocycles. The molecule has 1 amide bonds. The van der Waals surface area contributed by atoms with Crippen LogP contribution < -0.4 is 9.47 Å². The lowest BCUT2D eigenvalue weighted by molar-refractivity contribution is -0.139. The van der Waals surface area contributed by atoms with E-state index >= 15 is 0 Å². The number of nitrogens with zero attached hydrogens (tertiary/aromatic N) is 2. The lowest BCUT2D eigenvalue weighted by Gasteiger charge is -2.60. The van der Waals surface area contributed by atoms with Gasteiger partial charge >= 0.3 is 5.97 Å². The predicted octanol–water partition coefficient (Wildman–Crippen LogP) is 4.41. The molecule has 2 saturated carbocycles. The molecule has 2 bridgehead atoms. The number of hydrogen-bond acceptors (Lipinski definition) is 6. The summed E-state index contributed by atoms with van der Waals surface area (Å²) in [5.74, 6) is 1.53. The minimum atomic E-state index is -0.374. The summed E-state index contributed by atoms with van der Waals surface area (Å²) in [4.78, 5) is 30.1. The summed E-state index contributed by atoms with van der Waals surface area (Å²) in [6, 6.07) is 9.53. The fraction of sp³-hybridized carbons (Fsp3) is 0.548. The maximum atomic E-state index is 13.6. The molecular formula is C31H34Cl2N2O5. The van der Waals surface area contributed by atoms with Crippen molar-refractivity contribution in [2.24, 2.45) is 11.8 Å². The zero-order chi connectivity index (χ0) is 27.9. The molecule has 7 rings (SSSR count). The summed E-state index contributed by atoms with van der Waals surface area (Å²) in [6.45, 7) is 3.27. The molecule has 5 aliphatic rings. The van der Waals surface area contributed by atoms with E-state index in [1.54, 1.807) is 12.1 Å². The number of halogens is 2. The molecule has 3 fully saturated rings. The van der Waals surface area contributed by atoms with Gasteiger partial charge in [-0.3, -0.25) is 14.5 Å². The van der Waals surface area contributed by atoms with Crippen LogP contribution in [0.25, 0.3) is 0 Å². The van der Waals surface area contributed by atoms with Crippen LogP contribution in [0.4, 0.5) is 0 Å². The van der Waals surface area contributed by atoms with Crippen molar-refractivity contribution in [1.29, 1.82) is 0 Å². The molecule has 2 unspecified atom stereocenters. The number of carbonyl (C=O) groups is 2. The minimum absolute atomic E-state index is 0.00532. The molecule has 7 nitrogen and oxygen atoms in total. The number of esters is 1. The molecular weight excluding hydrogens is 551 g/mol. The number of likely N-dealkylation sites (tertiary alicyclic amines) is 1. The molecule has 0 aromatic heterocycles. The molecule has 0 radical (unpaired) electrons. The summed E-state index contributed by atoms with van der Waals surface area (Å²) in [7, 11) is 1.88. The van der Waals surface area contributed by atoms with Gasteiger partial charge in [0.25, 0.3) is 0 Å². The highest BCUT2D eigenvalue weighted by Gasteiger charge is 2.66. The van der Waals surface area contributed by atoms with Gasteiger partial charge in [0.2, 0.25) is 5.91 Å². The first-order chi connectivity index (χ1) is 19.2. The molecule has 2 heterocycles. The highest BCUT2D eigenvalue weighted by Crippen LogP contribution is 2.64. The van der Waals surface area contributed by atoms with E-state index in [2.05, 4.69) is 11.0 Å². The number of aliphatic hydroxyl groups is 1. The Balaban J connectivity index is 1.24. The van der Waals surface area contributed by atoms with Gasteiger partial charge in [-0.2, -0.15) is 0 Å². The molecule has 212 valence electrons. The Hall–Kier alpha value is -2.32. The first kappa shape index (κ1) is 26.6. The quantitative estimate of drug-likeness (QED) is 0.400. The van der Waals surface area contributed by atoms with Crippen molar-refractivity contribution in [3.63, 3.8) is 0 Å². The van der Waals surface area contributed by atoms with Crippen LogP contribution in [0.5, 0.6) is 11.5 Å². The molecule has 7 atom stereocenters. The van der Waals surface area contributed by atoms with Crippen LogP contribution in [0, 0.1) is 11.8 Å². The van der Waals surface area contributed by atoms with Crippen molar-refractivity contribution in [2.45, 2.75) is 75.2 Å². The lowest BCUT2D eigenvalue weighted by Crippen LogP contribution is -2.69. The topological polar surface area (TPSA) is 79.3 Å². The number of likely N-dealkylation sites (N-methyl/N-ethyl adjacent to an activating group) is 1. The van der Waals surface area contributed by atoms with E-state index in [9.17, 15) is 14.7 Å². The normalized spacial score (nSPS) is 33.1. The second-order valence-corrected chi connectivity index (χ2v) is 13.2. The van der Waals surface area contributed by atoms with Crippen molar-refractivity contribution in [3.05, 3.63) is 57.1 Å². The summed E-state index contributed by atoms with van der Waals surface area (Å²) >= 11 is 12.3. The van der Waals surface area contributed by atoms with Crippen LogP contribution in [0.2, 0.25) is 10.0 Å². The SMILES string of the molecule is CC(=O)Oc1ccc2c3c1O[C@H]1[C@H](N(C)C(=O)Cc4ccc(Cl)c(Cl)c4)CC[C@H]4[C@@H](C2)N(CC2CC2O)CC[C@@]341. The van der Waals surface area contributed by atoms with Gasteiger partial charge in [-0.15, -0.1) is 0 Å². The fourth-order valence-electron chi connectivity index (χ4n) is 8.31. The first-order valence-electron chi connectivity index (χ1n) is 14.3. The average molecular weight is 586 g/mol.